The topological polar surface area (TPSA) is 50.1 Å². The van der Waals surface area contributed by atoms with Crippen molar-refractivity contribution in [2.75, 3.05) is 13.1 Å². The minimum absolute atomic E-state index is 0.153. The van der Waals surface area contributed by atoms with E-state index in [1.54, 1.807) is 12.1 Å². The Morgan fingerprint density at radius 1 is 1.27 bits per heavy atom. The fraction of sp³-hybridized carbons (Fsp3) is 0.438. The number of rotatable bonds is 2. The zero-order valence-electron chi connectivity index (χ0n) is 12.0. The van der Waals surface area contributed by atoms with Gasteiger partial charge in [-0.1, -0.05) is 23.2 Å². The van der Waals surface area contributed by atoms with Gasteiger partial charge in [-0.15, -0.1) is 0 Å². The lowest BCUT2D eigenvalue weighted by Gasteiger charge is -2.15. The lowest BCUT2D eigenvalue weighted by atomic mass is 9.95. The van der Waals surface area contributed by atoms with E-state index in [9.17, 15) is 5.11 Å². The second-order valence-electron chi connectivity index (χ2n) is 6.13. The maximum atomic E-state index is 10.1. The average Bonchev–Trinajstić information content (AvgIpc) is 3.17. The summed E-state index contributed by atoms with van der Waals surface area (Å²) in [6.45, 7) is 2.05. The lowest BCUT2D eigenvalue weighted by Crippen LogP contribution is -2.14. The molecule has 0 saturated carbocycles. The maximum Gasteiger partial charge on any atom is 0.120 e. The van der Waals surface area contributed by atoms with Gasteiger partial charge < -0.3 is 10.4 Å². The number of fused-ring (bicyclic) bond motifs is 1. The fourth-order valence-corrected chi connectivity index (χ4v) is 4.06. The van der Waals surface area contributed by atoms with Crippen LogP contribution in [-0.2, 0) is 12.8 Å². The van der Waals surface area contributed by atoms with E-state index in [0.29, 0.717) is 16.1 Å². The van der Waals surface area contributed by atoms with Gasteiger partial charge in [0, 0.05) is 18.3 Å². The van der Waals surface area contributed by atoms with E-state index in [2.05, 4.69) is 16.2 Å². The molecule has 0 amide bonds. The van der Waals surface area contributed by atoms with E-state index in [4.69, 9.17) is 28.3 Å². The van der Waals surface area contributed by atoms with Crippen LogP contribution in [-0.4, -0.2) is 28.0 Å². The molecule has 2 aromatic rings. The maximum absolute atomic E-state index is 10.1. The number of aromatic nitrogens is 2. The van der Waals surface area contributed by atoms with Crippen LogP contribution in [0, 0.1) is 0 Å². The van der Waals surface area contributed by atoms with Crippen LogP contribution in [0.15, 0.2) is 18.3 Å². The second kappa shape index (κ2) is 5.44. The molecule has 0 bridgehead atoms. The minimum atomic E-state index is 0.153. The molecule has 2 heterocycles. The average molecular weight is 338 g/mol. The van der Waals surface area contributed by atoms with Gasteiger partial charge >= 0.3 is 0 Å². The summed E-state index contributed by atoms with van der Waals surface area (Å²) in [6.07, 6.45) is 4.94. The van der Waals surface area contributed by atoms with Crippen molar-refractivity contribution < 1.29 is 5.11 Å². The molecule has 0 spiro atoms. The van der Waals surface area contributed by atoms with Crippen LogP contribution in [0.25, 0.3) is 0 Å². The first-order chi connectivity index (χ1) is 10.6. The summed E-state index contributed by atoms with van der Waals surface area (Å²) in [5.74, 6) is 0.373. The largest absolute Gasteiger partial charge is 0.508 e. The van der Waals surface area contributed by atoms with Crippen LogP contribution < -0.4 is 5.32 Å². The first kappa shape index (κ1) is 14.4. The Labute approximate surface area is 139 Å². The van der Waals surface area contributed by atoms with Gasteiger partial charge in [0.05, 0.1) is 21.8 Å². The van der Waals surface area contributed by atoms with Crippen molar-refractivity contribution in [3.8, 4) is 5.75 Å². The van der Waals surface area contributed by atoms with Crippen molar-refractivity contribution in [2.45, 2.75) is 31.2 Å². The van der Waals surface area contributed by atoms with E-state index >= 15 is 0 Å². The van der Waals surface area contributed by atoms with Crippen molar-refractivity contribution in [1.29, 1.82) is 0 Å². The highest BCUT2D eigenvalue weighted by Gasteiger charge is 2.31. The minimum Gasteiger partial charge on any atom is -0.508 e. The van der Waals surface area contributed by atoms with Crippen molar-refractivity contribution >= 4 is 23.2 Å². The van der Waals surface area contributed by atoms with Gasteiger partial charge in [0.25, 0.3) is 0 Å². The molecule has 1 aliphatic carbocycles. The molecule has 0 unspecified atom stereocenters. The molecule has 2 aliphatic rings. The summed E-state index contributed by atoms with van der Waals surface area (Å²) in [6, 6.07) is 3.71. The number of nitrogens with zero attached hydrogens (tertiary/aromatic N) is 2. The summed E-state index contributed by atoms with van der Waals surface area (Å²) in [7, 11) is 0. The fourth-order valence-electron chi connectivity index (χ4n) is 3.58. The second-order valence-corrected chi connectivity index (χ2v) is 6.91. The number of benzene rings is 1. The molecule has 4 nitrogen and oxygen atoms in total. The van der Waals surface area contributed by atoms with Crippen LogP contribution in [0.3, 0.4) is 0 Å². The van der Waals surface area contributed by atoms with Gasteiger partial charge in [0.15, 0.2) is 0 Å². The number of halogens is 2. The normalized spacial score (nSPS) is 23.9. The molecule has 6 heteroatoms. The molecule has 116 valence electrons. The molecule has 1 aliphatic heterocycles. The number of nitrogens with one attached hydrogen (secondary N) is 1. The molecule has 1 aromatic heterocycles. The number of phenols is 1. The van der Waals surface area contributed by atoms with Crippen molar-refractivity contribution in [2.24, 2.45) is 0 Å². The Balaban J connectivity index is 1.60. The quantitative estimate of drug-likeness (QED) is 0.883. The first-order valence-corrected chi connectivity index (χ1v) is 8.33. The smallest absolute Gasteiger partial charge is 0.120 e. The SMILES string of the molecule is Oc1ccc(Cl)c(Cl)c1[C@@H]1Cc2cn([C@H]3CCNC3)nc2C1. The highest BCUT2D eigenvalue weighted by molar-refractivity contribution is 6.42. The summed E-state index contributed by atoms with van der Waals surface area (Å²) >= 11 is 12.4. The molecule has 2 atom stereocenters. The Kier molecular flexibility index (Phi) is 3.56. The van der Waals surface area contributed by atoms with Gasteiger partial charge in [0.2, 0.25) is 0 Å². The predicted octanol–water partition coefficient (Wildman–Crippen LogP) is 3.31. The number of aromatic hydroxyl groups is 1. The van der Waals surface area contributed by atoms with Crippen LogP contribution in [0.5, 0.6) is 5.75 Å². The molecule has 22 heavy (non-hydrogen) atoms. The molecule has 2 N–H and O–H groups in total. The first-order valence-electron chi connectivity index (χ1n) is 7.58. The third-order valence-electron chi connectivity index (χ3n) is 4.73. The van der Waals surface area contributed by atoms with Gasteiger partial charge in [-0.3, -0.25) is 4.68 Å². The van der Waals surface area contributed by atoms with E-state index in [-0.39, 0.29) is 11.7 Å². The van der Waals surface area contributed by atoms with E-state index in [0.717, 1.165) is 43.6 Å². The molecular weight excluding hydrogens is 321 g/mol. The molecule has 1 fully saturated rings. The summed E-state index contributed by atoms with van der Waals surface area (Å²) in [4.78, 5) is 0. The molecule has 0 radical (unpaired) electrons. The molecule has 1 aromatic carbocycles. The Hall–Kier alpha value is -1.23. The third-order valence-corrected chi connectivity index (χ3v) is 5.55. The predicted molar refractivity (Wildman–Crippen MR) is 87.0 cm³/mol. The van der Waals surface area contributed by atoms with Crippen LogP contribution in [0.4, 0.5) is 0 Å². The van der Waals surface area contributed by atoms with Gasteiger partial charge in [-0.2, -0.15) is 5.10 Å². The molecule has 4 rings (SSSR count). The van der Waals surface area contributed by atoms with Gasteiger partial charge in [0.1, 0.15) is 5.75 Å². The number of hydrogen-bond acceptors (Lipinski definition) is 3. The zero-order chi connectivity index (χ0) is 15.3. The summed E-state index contributed by atoms with van der Waals surface area (Å²) in [5, 5.41) is 19.2. The van der Waals surface area contributed by atoms with Crippen LogP contribution in [0.1, 0.15) is 35.2 Å². The lowest BCUT2D eigenvalue weighted by molar-refractivity contribution is 0.458. The van der Waals surface area contributed by atoms with Crippen LogP contribution in [0.2, 0.25) is 10.0 Å². The van der Waals surface area contributed by atoms with E-state index in [1.165, 1.54) is 5.56 Å². The summed E-state index contributed by atoms with van der Waals surface area (Å²) in [5.41, 5.74) is 3.13. The third kappa shape index (κ3) is 2.30. The number of phenolic OH excluding ortho intramolecular Hbond substituents is 1. The monoisotopic (exact) mass is 337 g/mol. The molecule has 1 saturated heterocycles. The highest BCUT2D eigenvalue weighted by atomic mass is 35.5. The van der Waals surface area contributed by atoms with Gasteiger partial charge in [-0.05, 0) is 49.4 Å². The Bertz CT molecular complexity index is 699. The standard InChI is InChI=1S/C16H17Cl2N3O/c17-12-1-2-14(22)15(16(12)18)9-5-10-8-21(20-13(10)6-9)11-3-4-19-7-11/h1-2,8-9,11,19,22H,3-7H2/t9-,11+/m1/s1. The molecular formula is C16H17Cl2N3O. The van der Waals surface area contributed by atoms with E-state index < -0.39 is 0 Å². The Morgan fingerprint density at radius 2 is 2.14 bits per heavy atom. The van der Waals surface area contributed by atoms with Crippen molar-refractivity contribution in [3.05, 3.63) is 45.2 Å². The highest BCUT2D eigenvalue weighted by Crippen LogP contribution is 2.43. The van der Waals surface area contributed by atoms with Crippen molar-refractivity contribution in [3.63, 3.8) is 0 Å². The summed E-state index contributed by atoms with van der Waals surface area (Å²) < 4.78 is 2.10. The zero-order valence-corrected chi connectivity index (χ0v) is 13.5. The van der Waals surface area contributed by atoms with Crippen LogP contribution >= 0.6 is 23.2 Å². The van der Waals surface area contributed by atoms with Gasteiger partial charge in [-0.25, -0.2) is 0 Å². The Morgan fingerprint density at radius 3 is 2.86 bits per heavy atom. The van der Waals surface area contributed by atoms with Crippen molar-refractivity contribution in [1.82, 2.24) is 15.1 Å². The number of hydrogen-bond donors (Lipinski definition) is 2. The van der Waals surface area contributed by atoms with E-state index in [1.807, 2.05) is 0 Å².